The number of nitrogens with zero attached hydrogens (tertiary/aromatic N) is 2. The summed E-state index contributed by atoms with van der Waals surface area (Å²) in [6.45, 7) is 0.725. The van der Waals surface area contributed by atoms with Gasteiger partial charge in [-0.25, -0.2) is 4.98 Å². The van der Waals surface area contributed by atoms with Crippen molar-refractivity contribution in [1.82, 2.24) is 9.55 Å². The number of imidazole rings is 1. The monoisotopic (exact) mass is 381 g/mol. The molecule has 2 N–H and O–H groups in total. The summed E-state index contributed by atoms with van der Waals surface area (Å²) in [4.78, 5) is 4.75. The van der Waals surface area contributed by atoms with Gasteiger partial charge in [0.1, 0.15) is 5.54 Å². The topological polar surface area (TPSA) is 43.8 Å². The van der Waals surface area contributed by atoms with Crippen molar-refractivity contribution in [3.8, 4) is 0 Å². The van der Waals surface area contributed by atoms with Crippen LogP contribution in [0.2, 0.25) is 0 Å². The summed E-state index contributed by atoms with van der Waals surface area (Å²) in [5.41, 5.74) is 9.92. The zero-order chi connectivity index (χ0) is 19.9. The summed E-state index contributed by atoms with van der Waals surface area (Å²) in [6.07, 6.45) is 7.20. The second kappa shape index (κ2) is 8.89. The van der Waals surface area contributed by atoms with Crippen molar-refractivity contribution in [3.05, 3.63) is 126 Å². The summed E-state index contributed by atoms with van der Waals surface area (Å²) in [5.74, 6) is 0. The van der Waals surface area contributed by atoms with Gasteiger partial charge in [0.2, 0.25) is 0 Å². The normalized spacial score (nSPS) is 11.5. The van der Waals surface area contributed by atoms with E-state index >= 15 is 0 Å². The minimum absolute atomic E-state index is 0.483. The Hall–Kier alpha value is -3.17. The van der Waals surface area contributed by atoms with E-state index in [9.17, 15) is 0 Å². The van der Waals surface area contributed by atoms with Crippen molar-refractivity contribution >= 4 is 0 Å². The fourth-order valence-corrected chi connectivity index (χ4v) is 4.11. The van der Waals surface area contributed by atoms with Crippen LogP contribution in [0.4, 0.5) is 0 Å². The van der Waals surface area contributed by atoms with Gasteiger partial charge < -0.3 is 10.3 Å². The molecule has 1 heterocycles. The zero-order valence-corrected chi connectivity index (χ0v) is 16.6. The van der Waals surface area contributed by atoms with Gasteiger partial charge in [-0.3, -0.25) is 0 Å². The molecule has 0 spiro atoms. The smallest absolute Gasteiger partial charge is 0.121 e. The minimum atomic E-state index is -0.483. The lowest BCUT2D eigenvalue weighted by Crippen LogP contribution is -2.36. The van der Waals surface area contributed by atoms with Crippen molar-refractivity contribution in [1.29, 1.82) is 0 Å². The van der Waals surface area contributed by atoms with Gasteiger partial charge in [0.15, 0.2) is 0 Å². The lowest BCUT2D eigenvalue weighted by Gasteiger charge is -2.37. The van der Waals surface area contributed by atoms with Gasteiger partial charge in [0.25, 0.3) is 0 Å². The lowest BCUT2D eigenvalue weighted by molar-refractivity contribution is 0.514. The van der Waals surface area contributed by atoms with Crippen LogP contribution in [-0.4, -0.2) is 16.1 Å². The predicted octanol–water partition coefficient (Wildman–Crippen LogP) is 5.00. The van der Waals surface area contributed by atoms with Gasteiger partial charge in [-0.15, -0.1) is 0 Å². The molecule has 0 aliphatic rings. The Labute approximate surface area is 172 Å². The Kier molecular flexibility index (Phi) is 5.87. The van der Waals surface area contributed by atoms with Gasteiger partial charge in [-0.1, -0.05) is 91.0 Å². The Morgan fingerprint density at radius 3 is 1.62 bits per heavy atom. The summed E-state index contributed by atoms with van der Waals surface area (Å²) < 4.78 is 2.27. The molecule has 146 valence electrons. The molecule has 3 heteroatoms. The van der Waals surface area contributed by atoms with Crippen molar-refractivity contribution < 1.29 is 0 Å². The summed E-state index contributed by atoms with van der Waals surface area (Å²) in [6, 6.07) is 32.0. The van der Waals surface area contributed by atoms with Crippen molar-refractivity contribution in [2.75, 3.05) is 6.54 Å². The number of aromatic nitrogens is 2. The lowest BCUT2D eigenvalue weighted by atomic mass is 9.77. The van der Waals surface area contributed by atoms with Gasteiger partial charge in [-0.05, 0) is 42.5 Å². The number of aryl methyl sites for hydroxylation is 1. The molecule has 0 bridgehead atoms. The van der Waals surface area contributed by atoms with Gasteiger partial charge in [0, 0.05) is 6.20 Å². The van der Waals surface area contributed by atoms with E-state index in [0.717, 1.165) is 31.5 Å². The van der Waals surface area contributed by atoms with Gasteiger partial charge >= 0.3 is 0 Å². The van der Waals surface area contributed by atoms with E-state index in [0.29, 0.717) is 0 Å². The molecule has 4 aromatic rings. The molecule has 0 saturated heterocycles. The Morgan fingerprint density at radius 2 is 1.17 bits per heavy atom. The van der Waals surface area contributed by atoms with Crippen LogP contribution in [0.1, 0.15) is 35.2 Å². The molecule has 0 unspecified atom stereocenters. The third kappa shape index (κ3) is 3.74. The molecule has 1 aromatic heterocycles. The zero-order valence-electron chi connectivity index (χ0n) is 16.6. The molecular formula is C26H27N3. The second-order valence-electron chi connectivity index (χ2n) is 7.33. The molecule has 0 radical (unpaired) electrons. The fraction of sp³-hybridized carbons (Fsp3) is 0.192. The first-order chi connectivity index (χ1) is 14.4. The highest BCUT2D eigenvalue weighted by atomic mass is 15.1. The average Bonchev–Trinajstić information content (AvgIpc) is 3.26. The van der Waals surface area contributed by atoms with Crippen LogP contribution >= 0.6 is 0 Å². The number of hydrogen-bond donors (Lipinski definition) is 1. The van der Waals surface area contributed by atoms with Crippen LogP contribution in [0, 0.1) is 0 Å². The van der Waals surface area contributed by atoms with Crippen LogP contribution < -0.4 is 5.73 Å². The first-order valence-corrected chi connectivity index (χ1v) is 10.3. The molecule has 0 saturated carbocycles. The predicted molar refractivity (Wildman–Crippen MR) is 119 cm³/mol. The summed E-state index contributed by atoms with van der Waals surface area (Å²) in [5, 5.41) is 0. The summed E-state index contributed by atoms with van der Waals surface area (Å²) >= 11 is 0. The van der Waals surface area contributed by atoms with Crippen LogP contribution in [0.5, 0.6) is 0 Å². The maximum atomic E-state index is 5.67. The van der Waals surface area contributed by atoms with E-state index in [2.05, 4.69) is 102 Å². The number of benzene rings is 3. The van der Waals surface area contributed by atoms with Crippen LogP contribution in [0.25, 0.3) is 0 Å². The second-order valence-corrected chi connectivity index (χ2v) is 7.33. The highest BCUT2D eigenvalue weighted by molar-refractivity contribution is 5.50. The highest BCUT2D eigenvalue weighted by Gasteiger charge is 2.38. The quantitative estimate of drug-likeness (QED) is 0.345. The molecule has 0 amide bonds. The Morgan fingerprint density at radius 1 is 0.690 bits per heavy atom. The number of hydrogen-bond acceptors (Lipinski definition) is 2. The third-order valence-corrected chi connectivity index (χ3v) is 5.49. The van der Waals surface area contributed by atoms with E-state index in [1.807, 2.05) is 6.33 Å². The number of unbranched alkanes of at least 4 members (excludes halogenated alkanes) is 1. The molecule has 0 aliphatic heterocycles. The molecule has 4 rings (SSSR count). The molecular weight excluding hydrogens is 354 g/mol. The SMILES string of the molecule is NCCCCc1cn(C(c2ccccc2)(c2ccccc2)c2ccccc2)cn1. The first kappa shape index (κ1) is 19.2. The summed E-state index contributed by atoms with van der Waals surface area (Å²) in [7, 11) is 0. The van der Waals surface area contributed by atoms with Crippen LogP contribution in [-0.2, 0) is 12.0 Å². The Bertz CT molecular complexity index is 911. The van der Waals surface area contributed by atoms with E-state index < -0.39 is 5.54 Å². The van der Waals surface area contributed by atoms with Crippen molar-refractivity contribution in [2.24, 2.45) is 5.73 Å². The third-order valence-electron chi connectivity index (χ3n) is 5.49. The van der Waals surface area contributed by atoms with E-state index in [-0.39, 0.29) is 0 Å². The van der Waals surface area contributed by atoms with Crippen LogP contribution in [0.3, 0.4) is 0 Å². The van der Waals surface area contributed by atoms with E-state index in [1.54, 1.807) is 0 Å². The molecule has 3 nitrogen and oxygen atoms in total. The molecule has 3 aromatic carbocycles. The fourth-order valence-electron chi connectivity index (χ4n) is 4.11. The first-order valence-electron chi connectivity index (χ1n) is 10.3. The maximum Gasteiger partial charge on any atom is 0.121 e. The van der Waals surface area contributed by atoms with Crippen molar-refractivity contribution in [2.45, 2.75) is 24.8 Å². The van der Waals surface area contributed by atoms with E-state index in [4.69, 9.17) is 10.7 Å². The molecule has 29 heavy (non-hydrogen) atoms. The number of nitrogens with two attached hydrogens (primary N) is 1. The standard InChI is InChI=1S/C26H27N3/c27-19-11-10-18-25-20-29(21-28-25)26(22-12-4-1-5-13-22,23-14-6-2-7-15-23)24-16-8-3-9-17-24/h1-9,12-17,20-21H,10-11,18-19,27H2. The van der Waals surface area contributed by atoms with E-state index in [1.165, 1.54) is 16.7 Å². The van der Waals surface area contributed by atoms with Gasteiger partial charge in [0.05, 0.1) is 12.0 Å². The average molecular weight is 382 g/mol. The molecule has 0 fully saturated rings. The highest BCUT2D eigenvalue weighted by Crippen LogP contribution is 2.40. The minimum Gasteiger partial charge on any atom is -0.330 e. The molecule has 0 atom stereocenters. The Balaban J connectivity index is 1.94. The van der Waals surface area contributed by atoms with Crippen molar-refractivity contribution in [3.63, 3.8) is 0 Å². The van der Waals surface area contributed by atoms with Gasteiger partial charge in [-0.2, -0.15) is 0 Å². The van der Waals surface area contributed by atoms with Crippen LogP contribution in [0.15, 0.2) is 104 Å². The largest absolute Gasteiger partial charge is 0.330 e. The molecule has 0 aliphatic carbocycles. The maximum absolute atomic E-state index is 5.67. The number of rotatable bonds is 8.